The topological polar surface area (TPSA) is 66.9 Å². The zero-order valence-corrected chi connectivity index (χ0v) is 13.6. The van der Waals surface area contributed by atoms with E-state index in [0.717, 1.165) is 37.3 Å². The van der Waals surface area contributed by atoms with Crippen LogP contribution in [0.15, 0.2) is 36.7 Å². The number of amides is 1. The third-order valence-electron chi connectivity index (χ3n) is 4.20. The van der Waals surface area contributed by atoms with E-state index in [1.165, 1.54) is 0 Å². The molecule has 2 N–H and O–H groups in total. The summed E-state index contributed by atoms with van der Waals surface area (Å²) in [4.78, 5) is 21.0. The Labute approximate surface area is 136 Å². The third-order valence-corrected chi connectivity index (χ3v) is 4.20. The molecule has 0 saturated carbocycles. The molecule has 0 spiro atoms. The zero-order chi connectivity index (χ0) is 16.4. The molecule has 0 aliphatic carbocycles. The van der Waals surface area contributed by atoms with E-state index in [1.807, 2.05) is 52.7 Å². The third kappa shape index (κ3) is 3.07. The van der Waals surface area contributed by atoms with Crippen molar-refractivity contribution in [1.29, 1.82) is 0 Å². The number of aromatic nitrogens is 2. The lowest BCUT2D eigenvalue weighted by molar-refractivity contribution is -0.127. The SMILES string of the molecule is CN(C)CC=CC(=O)N1CCCC1c1ncc2c(N)cccn12. The number of fused-ring (bicyclic) bond motifs is 1. The Balaban J connectivity index is 1.85. The normalized spacial score (nSPS) is 18.6. The van der Waals surface area contributed by atoms with Crippen LogP contribution in [-0.2, 0) is 4.79 Å². The molecule has 122 valence electrons. The first-order chi connectivity index (χ1) is 11.1. The van der Waals surface area contributed by atoms with Gasteiger partial charge in [-0.25, -0.2) is 4.98 Å². The smallest absolute Gasteiger partial charge is 0.246 e. The van der Waals surface area contributed by atoms with Gasteiger partial charge in [0.15, 0.2) is 0 Å². The average Bonchev–Trinajstić information content (AvgIpc) is 3.13. The summed E-state index contributed by atoms with van der Waals surface area (Å²) < 4.78 is 2.00. The molecular formula is C17H23N5O. The lowest BCUT2D eigenvalue weighted by Crippen LogP contribution is -2.30. The number of likely N-dealkylation sites (tertiary alicyclic amines) is 1. The van der Waals surface area contributed by atoms with Crippen LogP contribution < -0.4 is 5.73 Å². The molecule has 1 amide bonds. The summed E-state index contributed by atoms with van der Waals surface area (Å²) in [5.41, 5.74) is 7.59. The molecule has 0 bridgehead atoms. The maximum absolute atomic E-state index is 12.5. The fourth-order valence-electron chi connectivity index (χ4n) is 3.07. The molecule has 1 fully saturated rings. The predicted octanol–water partition coefficient (Wildman–Crippen LogP) is 1.70. The number of hydrogen-bond donors (Lipinski definition) is 1. The minimum Gasteiger partial charge on any atom is -0.397 e. The number of imidazole rings is 1. The van der Waals surface area contributed by atoms with E-state index in [0.29, 0.717) is 5.69 Å². The molecule has 1 atom stereocenters. The summed E-state index contributed by atoms with van der Waals surface area (Å²) in [6.07, 6.45) is 9.24. The van der Waals surface area contributed by atoms with Gasteiger partial charge in [0.05, 0.1) is 23.4 Å². The second kappa shape index (κ2) is 6.42. The molecule has 2 aromatic heterocycles. The fourth-order valence-corrected chi connectivity index (χ4v) is 3.07. The van der Waals surface area contributed by atoms with Gasteiger partial charge in [0.25, 0.3) is 0 Å². The van der Waals surface area contributed by atoms with Gasteiger partial charge in [-0.3, -0.25) is 4.79 Å². The molecule has 3 heterocycles. The van der Waals surface area contributed by atoms with Gasteiger partial charge in [0, 0.05) is 25.4 Å². The minimum absolute atomic E-state index is 0.0100. The van der Waals surface area contributed by atoms with Crippen molar-refractivity contribution in [2.75, 3.05) is 32.9 Å². The Morgan fingerprint density at radius 2 is 2.35 bits per heavy atom. The van der Waals surface area contributed by atoms with Gasteiger partial charge in [-0.15, -0.1) is 0 Å². The van der Waals surface area contributed by atoms with E-state index in [4.69, 9.17) is 5.73 Å². The molecule has 1 unspecified atom stereocenters. The van der Waals surface area contributed by atoms with E-state index >= 15 is 0 Å². The van der Waals surface area contributed by atoms with E-state index < -0.39 is 0 Å². The van der Waals surface area contributed by atoms with Crippen LogP contribution >= 0.6 is 0 Å². The summed E-state index contributed by atoms with van der Waals surface area (Å²) in [7, 11) is 3.96. The van der Waals surface area contributed by atoms with Gasteiger partial charge < -0.3 is 19.9 Å². The van der Waals surface area contributed by atoms with Crippen molar-refractivity contribution in [2.45, 2.75) is 18.9 Å². The highest BCUT2D eigenvalue weighted by atomic mass is 16.2. The molecule has 1 saturated heterocycles. The first-order valence-corrected chi connectivity index (χ1v) is 7.91. The molecule has 6 nitrogen and oxygen atoms in total. The van der Waals surface area contributed by atoms with Crippen molar-refractivity contribution < 1.29 is 4.79 Å². The van der Waals surface area contributed by atoms with Crippen molar-refractivity contribution in [3.63, 3.8) is 0 Å². The number of nitrogens with zero attached hydrogens (tertiary/aromatic N) is 4. The monoisotopic (exact) mass is 313 g/mol. The van der Waals surface area contributed by atoms with Crippen LogP contribution in [0.5, 0.6) is 0 Å². The fraction of sp³-hybridized carbons (Fsp3) is 0.412. The summed E-state index contributed by atoms with van der Waals surface area (Å²) in [6.45, 7) is 1.53. The number of nitrogens with two attached hydrogens (primary N) is 1. The van der Waals surface area contributed by atoms with Gasteiger partial charge in [-0.05, 0) is 39.1 Å². The second-order valence-corrected chi connectivity index (χ2v) is 6.19. The maximum atomic E-state index is 12.5. The van der Waals surface area contributed by atoms with E-state index in [9.17, 15) is 4.79 Å². The number of nitrogen functional groups attached to an aromatic ring is 1. The van der Waals surface area contributed by atoms with E-state index in [1.54, 1.807) is 12.3 Å². The van der Waals surface area contributed by atoms with Crippen LogP contribution in [0.25, 0.3) is 5.52 Å². The number of carbonyl (C=O) groups excluding carboxylic acids is 1. The molecule has 2 aromatic rings. The lowest BCUT2D eigenvalue weighted by Gasteiger charge is -2.22. The summed E-state index contributed by atoms with van der Waals surface area (Å²) >= 11 is 0. The van der Waals surface area contributed by atoms with Crippen LogP contribution in [0.3, 0.4) is 0 Å². The Hall–Kier alpha value is -2.34. The lowest BCUT2D eigenvalue weighted by atomic mass is 10.2. The second-order valence-electron chi connectivity index (χ2n) is 6.19. The highest BCUT2D eigenvalue weighted by Crippen LogP contribution is 2.32. The van der Waals surface area contributed by atoms with E-state index in [2.05, 4.69) is 4.98 Å². The molecule has 23 heavy (non-hydrogen) atoms. The van der Waals surface area contributed by atoms with Crippen molar-refractivity contribution >= 4 is 17.1 Å². The Morgan fingerprint density at radius 1 is 1.52 bits per heavy atom. The molecule has 6 heteroatoms. The first kappa shape index (κ1) is 15.6. The number of rotatable bonds is 4. The molecule has 1 aliphatic rings. The predicted molar refractivity (Wildman–Crippen MR) is 91.0 cm³/mol. The van der Waals surface area contributed by atoms with Crippen LogP contribution in [-0.4, -0.2) is 52.3 Å². The zero-order valence-electron chi connectivity index (χ0n) is 13.6. The van der Waals surface area contributed by atoms with E-state index in [-0.39, 0.29) is 11.9 Å². The van der Waals surface area contributed by atoms with Gasteiger partial charge >= 0.3 is 0 Å². The minimum atomic E-state index is 0.0100. The Bertz CT molecular complexity index is 734. The van der Waals surface area contributed by atoms with Crippen LogP contribution in [0.4, 0.5) is 5.69 Å². The molecule has 3 rings (SSSR count). The van der Waals surface area contributed by atoms with Crippen LogP contribution in [0.1, 0.15) is 24.7 Å². The van der Waals surface area contributed by atoms with Crippen molar-refractivity contribution in [3.8, 4) is 0 Å². The van der Waals surface area contributed by atoms with Crippen molar-refractivity contribution in [1.82, 2.24) is 19.2 Å². The van der Waals surface area contributed by atoms with Gasteiger partial charge in [0.1, 0.15) is 5.82 Å². The number of anilines is 1. The van der Waals surface area contributed by atoms with Crippen LogP contribution in [0.2, 0.25) is 0 Å². The highest BCUT2D eigenvalue weighted by molar-refractivity contribution is 5.88. The van der Waals surface area contributed by atoms with Crippen molar-refractivity contribution in [3.05, 3.63) is 42.5 Å². The van der Waals surface area contributed by atoms with Gasteiger partial charge in [-0.2, -0.15) is 0 Å². The maximum Gasteiger partial charge on any atom is 0.246 e. The largest absolute Gasteiger partial charge is 0.397 e. The molecule has 0 aromatic carbocycles. The molecule has 1 aliphatic heterocycles. The van der Waals surface area contributed by atoms with Crippen molar-refractivity contribution in [2.24, 2.45) is 0 Å². The first-order valence-electron chi connectivity index (χ1n) is 7.91. The Kier molecular flexibility index (Phi) is 4.34. The summed E-state index contributed by atoms with van der Waals surface area (Å²) in [6, 6.07) is 3.78. The number of likely N-dealkylation sites (N-methyl/N-ethyl adjacent to an activating group) is 1. The Morgan fingerprint density at radius 3 is 3.13 bits per heavy atom. The summed E-state index contributed by atoms with van der Waals surface area (Å²) in [5, 5.41) is 0. The summed E-state index contributed by atoms with van der Waals surface area (Å²) in [5.74, 6) is 0.939. The molecular weight excluding hydrogens is 290 g/mol. The van der Waals surface area contributed by atoms with Crippen LogP contribution in [0, 0.1) is 0 Å². The van der Waals surface area contributed by atoms with Gasteiger partial charge in [0.2, 0.25) is 5.91 Å². The van der Waals surface area contributed by atoms with Gasteiger partial charge in [-0.1, -0.05) is 6.08 Å². The number of hydrogen-bond acceptors (Lipinski definition) is 4. The number of carbonyl (C=O) groups is 1. The standard InChI is InChI=1S/C17H23N5O/c1-20(2)9-5-8-16(23)21-10-4-7-14(21)17-19-12-15-13(18)6-3-11-22(15)17/h3,5-6,8,11-12,14H,4,7,9-10,18H2,1-2H3. The number of pyridine rings is 1. The quantitative estimate of drug-likeness (QED) is 0.873. The molecule has 0 radical (unpaired) electrons. The average molecular weight is 313 g/mol. The highest BCUT2D eigenvalue weighted by Gasteiger charge is 2.31.